The predicted octanol–water partition coefficient (Wildman–Crippen LogP) is 1.90. The van der Waals surface area contributed by atoms with Gasteiger partial charge >= 0.3 is 0 Å². The van der Waals surface area contributed by atoms with Gasteiger partial charge in [0.2, 0.25) is 5.91 Å². The first kappa shape index (κ1) is 11.9. The van der Waals surface area contributed by atoms with Crippen molar-refractivity contribution in [1.29, 1.82) is 0 Å². The van der Waals surface area contributed by atoms with Gasteiger partial charge in [-0.2, -0.15) is 0 Å². The average Bonchev–Trinajstić information content (AvgIpc) is 3.12. The summed E-state index contributed by atoms with van der Waals surface area (Å²) in [6, 6.07) is 0.433. The van der Waals surface area contributed by atoms with Gasteiger partial charge in [-0.1, -0.05) is 19.3 Å². The molecule has 92 valence electrons. The first-order valence-electron chi connectivity index (χ1n) is 6.59. The SMILES string of the molecule is CN(C(=O)C(C)(N)C1CC1)C1CCCCC1. The number of hydrogen-bond acceptors (Lipinski definition) is 2. The Morgan fingerprint density at radius 1 is 1.19 bits per heavy atom. The second-order valence-electron chi connectivity index (χ2n) is 5.76. The Hall–Kier alpha value is -0.570. The van der Waals surface area contributed by atoms with Crippen LogP contribution in [0.1, 0.15) is 51.9 Å². The number of carbonyl (C=O) groups excluding carboxylic acids is 1. The van der Waals surface area contributed by atoms with E-state index in [1.165, 1.54) is 19.3 Å². The van der Waals surface area contributed by atoms with Gasteiger partial charge in [-0.3, -0.25) is 4.79 Å². The van der Waals surface area contributed by atoms with E-state index in [1.54, 1.807) is 0 Å². The third-order valence-corrected chi connectivity index (χ3v) is 4.33. The van der Waals surface area contributed by atoms with Crippen molar-refractivity contribution in [3.05, 3.63) is 0 Å². The number of rotatable bonds is 3. The van der Waals surface area contributed by atoms with Gasteiger partial charge in [0.15, 0.2) is 0 Å². The van der Waals surface area contributed by atoms with Crippen LogP contribution in [0.2, 0.25) is 0 Å². The largest absolute Gasteiger partial charge is 0.341 e. The molecular weight excluding hydrogens is 200 g/mol. The average molecular weight is 224 g/mol. The number of amides is 1. The lowest BCUT2D eigenvalue weighted by Crippen LogP contribution is -2.56. The standard InChI is InChI=1S/C13H24N2O/c1-13(14,10-8-9-10)12(16)15(2)11-6-4-3-5-7-11/h10-11H,3-9,14H2,1-2H3. The summed E-state index contributed by atoms with van der Waals surface area (Å²) < 4.78 is 0. The summed E-state index contributed by atoms with van der Waals surface area (Å²) in [5, 5.41) is 0. The van der Waals surface area contributed by atoms with Crippen LogP contribution < -0.4 is 5.73 Å². The second kappa shape index (κ2) is 4.36. The summed E-state index contributed by atoms with van der Waals surface area (Å²) in [4.78, 5) is 14.3. The van der Waals surface area contributed by atoms with Crippen LogP contribution in [-0.2, 0) is 4.79 Å². The number of likely N-dealkylation sites (N-methyl/N-ethyl adjacent to an activating group) is 1. The van der Waals surface area contributed by atoms with E-state index in [-0.39, 0.29) is 5.91 Å². The van der Waals surface area contributed by atoms with E-state index in [9.17, 15) is 4.79 Å². The molecule has 2 rings (SSSR count). The molecular formula is C13H24N2O. The molecule has 0 aromatic heterocycles. The summed E-state index contributed by atoms with van der Waals surface area (Å²) in [7, 11) is 1.94. The fourth-order valence-electron chi connectivity index (χ4n) is 2.87. The molecule has 1 atom stereocenters. The fourth-order valence-corrected chi connectivity index (χ4v) is 2.87. The van der Waals surface area contributed by atoms with Crippen LogP contribution in [0.3, 0.4) is 0 Å². The van der Waals surface area contributed by atoms with Crippen LogP contribution in [0.4, 0.5) is 0 Å². The Kier molecular flexibility index (Phi) is 3.24. The Morgan fingerprint density at radius 3 is 2.25 bits per heavy atom. The Balaban J connectivity index is 1.97. The molecule has 0 aliphatic heterocycles. The zero-order valence-corrected chi connectivity index (χ0v) is 10.5. The van der Waals surface area contributed by atoms with Gasteiger partial charge in [0.25, 0.3) is 0 Å². The van der Waals surface area contributed by atoms with Crippen LogP contribution in [-0.4, -0.2) is 29.4 Å². The molecule has 2 saturated carbocycles. The molecule has 16 heavy (non-hydrogen) atoms. The number of nitrogens with two attached hydrogens (primary N) is 1. The Bertz CT molecular complexity index is 265. The van der Waals surface area contributed by atoms with Crippen LogP contribution >= 0.6 is 0 Å². The Morgan fingerprint density at radius 2 is 1.75 bits per heavy atom. The summed E-state index contributed by atoms with van der Waals surface area (Å²) in [5.41, 5.74) is 5.56. The van der Waals surface area contributed by atoms with Crippen molar-refractivity contribution in [2.24, 2.45) is 11.7 Å². The highest BCUT2D eigenvalue weighted by atomic mass is 16.2. The molecule has 0 heterocycles. The molecule has 3 nitrogen and oxygen atoms in total. The van der Waals surface area contributed by atoms with E-state index < -0.39 is 5.54 Å². The minimum Gasteiger partial charge on any atom is -0.341 e. The highest BCUT2D eigenvalue weighted by molar-refractivity contribution is 5.86. The monoisotopic (exact) mass is 224 g/mol. The van der Waals surface area contributed by atoms with Gasteiger partial charge in [-0.15, -0.1) is 0 Å². The summed E-state index contributed by atoms with van der Waals surface area (Å²) >= 11 is 0. The lowest BCUT2D eigenvalue weighted by Gasteiger charge is -2.36. The molecule has 0 aromatic carbocycles. The van der Waals surface area contributed by atoms with Crippen LogP contribution in [0.25, 0.3) is 0 Å². The molecule has 0 aromatic rings. The number of hydrogen-bond donors (Lipinski definition) is 1. The number of carbonyl (C=O) groups is 1. The van der Waals surface area contributed by atoms with Crippen molar-refractivity contribution in [3.8, 4) is 0 Å². The number of nitrogens with zero attached hydrogens (tertiary/aromatic N) is 1. The van der Waals surface area contributed by atoms with Crippen molar-refractivity contribution in [1.82, 2.24) is 4.90 Å². The summed E-state index contributed by atoms with van der Waals surface area (Å²) in [5.74, 6) is 0.577. The van der Waals surface area contributed by atoms with Crippen LogP contribution in [0.5, 0.6) is 0 Å². The molecule has 2 aliphatic rings. The topological polar surface area (TPSA) is 46.3 Å². The minimum atomic E-state index is -0.619. The smallest absolute Gasteiger partial charge is 0.242 e. The fraction of sp³-hybridized carbons (Fsp3) is 0.923. The third kappa shape index (κ3) is 2.24. The van der Waals surface area contributed by atoms with E-state index in [2.05, 4.69) is 0 Å². The lowest BCUT2D eigenvalue weighted by molar-refractivity contribution is -0.138. The first-order valence-corrected chi connectivity index (χ1v) is 6.59. The molecule has 1 unspecified atom stereocenters. The Labute approximate surface area is 98.4 Å². The van der Waals surface area contributed by atoms with E-state index in [0.29, 0.717) is 12.0 Å². The van der Waals surface area contributed by atoms with Crippen molar-refractivity contribution >= 4 is 5.91 Å². The minimum absolute atomic E-state index is 0.155. The van der Waals surface area contributed by atoms with Crippen molar-refractivity contribution in [3.63, 3.8) is 0 Å². The van der Waals surface area contributed by atoms with Gasteiger partial charge in [-0.05, 0) is 38.5 Å². The molecule has 0 radical (unpaired) electrons. The van der Waals surface area contributed by atoms with Gasteiger partial charge in [0, 0.05) is 13.1 Å². The van der Waals surface area contributed by atoms with Crippen LogP contribution in [0, 0.1) is 5.92 Å². The van der Waals surface area contributed by atoms with E-state index in [0.717, 1.165) is 25.7 Å². The van der Waals surface area contributed by atoms with E-state index >= 15 is 0 Å². The second-order valence-corrected chi connectivity index (χ2v) is 5.76. The van der Waals surface area contributed by atoms with Gasteiger partial charge < -0.3 is 10.6 Å². The molecule has 1 amide bonds. The normalized spacial score (nSPS) is 26.2. The first-order chi connectivity index (χ1) is 7.53. The maximum absolute atomic E-state index is 12.3. The third-order valence-electron chi connectivity index (χ3n) is 4.33. The van der Waals surface area contributed by atoms with Gasteiger partial charge in [-0.25, -0.2) is 0 Å². The molecule has 3 heteroatoms. The molecule has 0 bridgehead atoms. The van der Waals surface area contributed by atoms with Crippen molar-refractivity contribution < 1.29 is 4.79 Å². The van der Waals surface area contributed by atoms with Crippen LogP contribution in [0.15, 0.2) is 0 Å². The van der Waals surface area contributed by atoms with Gasteiger partial charge in [0.1, 0.15) is 0 Å². The zero-order chi connectivity index (χ0) is 11.8. The zero-order valence-electron chi connectivity index (χ0n) is 10.5. The van der Waals surface area contributed by atoms with Gasteiger partial charge in [0.05, 0.1) is 5.54 Å². The molecule has 2 aliphatic carbocycles. The lowest BCUT2D eigenvalue weighted by atomic mass is 9.90. The maximum atomic E-state index is 12.3. The highest BCUT2D eigenvalue weighted by Crippen LogP contribution is 2.39. The van der Waals surface area contributed by atoms with E-state index in [1.807, 2.05) is 18.9 Å². The molecule has 2 N–H and O–H groups in total. The maximum Gasteiger partial charge on any atom is 0.242 e. The van der Waals surface area contributed by atoms with Crippen molar-refractivity contribution in [2.75, 3.05) is 7.05 Å². The molecule has 2 fully saturated rings. The molecule has 0 spiro atoms. The highest BCUT2D eigenvalue weighted by Gasteiger charge is 2.46. The quantitative estimate of drug-likeness (QED) is 0.796. The summed E-state index contributed by atoms with van der Waals surface area (Å²) in [6.07, 6.45) is 8.39. The van der Waals surface area contributed by atoms with Crippen molar-refractivity contribution in [2.45, 2.75) is 63.5 Å². The van der Waals surface area contributed by atoms with E-state index in [4.69, 9.17) is 5.73 Å². The predicted molar refractivity (Wildman–Crippen MR) is 65.0 cm³/mol. The molecule has 0 saturated heterocycles. The summed E-state index contributed by atoms with van der Waals surface area (Å²) in [6.45, 7) is 1.91.